The molecule has 2 heterocycles. The molecular weight excluding hydrogens is 406 g/mol. The van der Waals surface area contributed by atoms with Crippen LogP contribution in [0.3, 0.4) is 0 Å². The van der Waals surface area contributed by atoms with Gasteiger partial charge in [0, 0.05) is 37.4 Å². The van der Waals surface area contributed by atoms with Crippen molar-refractivity contribution in [3.63, 3.8) is 0 Å². The number of rotatable bonds is 2. The predicted octanol–water partition coefficient (Wildman–Crippen LogP) is 3.30. The standard InChI is InChI=1S/C14H10NO2.Ir/c1-16-11-4-2-10(3-5-11)14-12-7-9-17-13(12)6-8-15-14;/h2,4-9H,1H3;/q-1;. The SMILES string of the molecule is COc1c[c-]c(-c2nccc3occc23)cc1.[Ir]. The zero-order chi connectivity index (χ0) is 11.7. The number of hydrogen-bond acceptors (Lipinski definition) is 3. The summed E-state index contributed by atoms with van der Waals surface area (Å²) in [6.45, 7) is 0. The van der Waals surface area contributed by atoms with Gasteiger partial charge in [-0.15, -0.1) is 29.8 Å². The number of aromatic nitrogens is 1. The quantitative estimate of drug-likeness (QED) is 0.602. The summed E-state index contributed by atoms with van der Waals surface area (Å²) >= 11 is 0. The monoisotopic (exact) mass is 417 g/mol. The summed E-state index contributed by atoms with van der Waals surface area (Å²) in [6.07, 6.45) is 3.40. The molecule has 0 aliphatic rings. The molecule has 0 N–H and O–H groups in total. The van der Waals surface area contributed by atoms with Crippen molar-refractivity contribution in [3.8, 4) is 17.0 Å². The van der Waals surface area contributed by atoms with Crippen LogP contribution >= 0.6 is 0 Å². The van der Waals surface area contributed by atoms with Gasteiger partial charge in [-0.2, -0.15) is 0 Å². The molecule has 1 aromatic carbocycles. The van der Waals surface area contributed by atoms with E-state index >= 15 is 0 Å². The summed E-state index contributed by atoms with van der Waals surface area (Å²) in [6, 6.07) is 12.6. The third-order valence-electron chi connectivity index (χ3n) is 2.65. The molecule has 0 saturated heterocycles. The maximum atomic E-state index is 5.35. The molecule has 93 valence electrons. The Balaban J connectivity index is 0.00000120. The van der Waals surface area contributed by atoms with Gasteiger partial charge >= 0.3 is 0 Å². The second-order valence-corrected chi connectivity index (χ2v) is 3.63. The first-order chi connectivity index (χ1) is 8.38. The molecule has 2 aromatic heterocycles. The van der Waals surface area contributed by atoms with Crippen LogP contribution in [-0.4, -0.2) is 12.1 Å². The second-order valence-electron chi connectivity index (χ2n) is 3.63. The summed E-state index contributed by atoms with van der Waals surface area (Å²) in [5, 5.41) is 0.994. The number of methoxy groups -OCH3 is 1. The van der Waals surface area contributed by atoms with E-state index in [1.165, 1.54) is 0 Å². The van der Waals surface area contributed by atoms with E-state index in [9.17, 15) is 0 Å². The molecule has 0 saturated carbocycles. The van der Waals surface area contributed by atoms with Gasteiger partial charge in [-0.1, -0.05) is 0 Å². The van der Waals surface area contributed by atoms with Crippen molar-refractivity contribution in [2.45, 2.75) is 0 Å². The van der Waals surface area contributed by atoms with Crippen LogP contribution in [0.1, 0.15) is 0 Å². The Bertz CT molecular complexity index is 646. The zero-order valence-corrected chi connectivity index (χ0v) is 12.0. The maximum Gasteiger partial charge on any atom is 0.128 e. The normalized spacial score (nSPS) is 10.1. The van der Waals surface area contributed by atoms with E-state index in [1.807, 2.05) is 24.3 Å². The van der Waals surface area contributed by atoms with Gasteiger partial charge in [0.05, 0.1) is 13.4 Å². The van der Waals surface area contributed by atoms with Crippen molar-refractivity contribution in [3.05, 3.63) is 48.9 Å². The molecule has 0 aliphatic heterocycles. The van der Waals surface area contributed by atoms with Crippen LogP contribution in [-0.2, 0) is 20.1 Å². The summed E-state index contributed by atoms with van der Waals surface area (Å²) in [5.74, 6) is 0.785. The fourth-order valence-electron chi connectivity index (χ4n) is 1.79. The van der Waals surface area contributed by atoms with Crippen molar-refractivity contribution in [2.75, 3.05) is 7.11 Å². The van der Waals surface area contributed by atoms with Gasteiger partial charge in [0.2, 0.25) is 0 Å². The molecular formula is C14H10IrNO2-. The Morgan fingerprint density at radius 3 is 2.83 bits per heavy atom. The summed E-state index contributed by atoms with van der Waals surface area (Å²) in [7, 11) is 1.64. The minimum atomic E-state index is 0. The van der Waals surface area contributed by atoms with E-state index in [0.29, 0.717) is 0 Å². The van der Waals surface area contributed by atoms with Crippen molar-refractivity contribution < 1.29 is 29.3 Å². The van der Waals surface area contributed by atoms with E-state index < -0.39 is 0 Å². The van der Waals surface area contributed by atoms with Crippen molar-refractivity contribution in [2.24, 2.45) is 0 Å². The van der Waals surface area contributed by atoms with Crippen LogP contribution in [0, 0.1) is 6.07 Å². The molecule has 0 spiro atoms. The number of hydrogen-bond donors (Lipinski definition) is 0. The van der Waals surface area contributed by atoms with E-state index in [1.54, 1.807) is 25.6 Å². The van der Waals surface area contributed by atoms with Gasteiger partial charge in [0.25, 0.3) is 0 Å². The van der Waals surface area contributed by atoms with Crippen LogP contribution in [0.4, 0.5) is 0 Å². The second kappa shape index (κ2) is 5.34. The van der Waals surface area contributed by atoms with Crippen molar-refractivity contribution in [1.29, 1.82) is 0 Å². The third kappa shape index (κ3) is 2.17. The van der Waals surface area contributed by atoms with E-state index in [-0.39, 0.29) is 20.1 Å². The fraction of sp³-hybridized carbons (Fsp3) is 0.0714. The average molecular weight is 416 g/mol. The van der Waals surface area contributed by atoms with Crippen molar-refractivity contribution in [1.82, 2.24) is 4.98 Å². The van der Waals surface area contributed by atoms with Crippen LogP contribution in [0.25, 0.3) is 22.2 Å². The molecule has 3 nitrogen and oxygen atoms in total. The smallest absolute Gasteiger partial charge is 0.128 e. The maximum absolute atomic E-state index is 5.35. The van der Waals surface area contributed by atoms with E-state index in [0.717, 1.165) is 28.0 Å². The Labute approximate surface area is 118 Å². The first kappa shape index (κ1) is 12.8. The summed E-state index contributed by atoms with van der Waals surface area (Å²) in [5.41, 5.74) is 2.64. The summed E-state index contributed by atoms with van der Waals surface area (Å²) in [4.78, 5) is 4.37. The Kier molecular flexibility index (Phi) is 3.80. The molecule has 0 unspecified atom stereocenters. The topological polar surface area (TPSA) is 35.3 Å². The van der Waals surface area contributed by atoms with Gasteiger partial charge in [0.1, 0.15) is 5.58 Å². The molecule has 3 rings (SSSR count). The van der Waals surface area contributed by atoms with Gasteiger partial charge < -0.3 is 14.1 Å². The molecule has 0 atom stereocenters. The predicted molar refractivity (Wildman–Crippen MR) is 64.8 cm³/mol. The number of nitrogens with zero attached hydrogens (tertiary/aromatic N) is 1. The molecule has 4 heteroatoms. The van der Waals surface area contributed by atoms with E-state index in [4.69, 9.17) is 9.15 Å². The summed E-state index contributed by atoms with van der Waals surface area (Å²) < 4.78 is 10.5. The number of furan rings is 1. The van der Waals surface area contributed by atoms with Crippen LogP contribution < -0.4 is 4.74 Å². The number of fused-ring (bicyclic) bond motifs is 1. The van der Waals surface area contributed by atoms with Crippen LogP contribution in [0.15, 0.2) is 47.2 Å². The Morgan fingerprint density at radius 1 is 1.22 bits per heavy atom. The van der Waals surface area contributed by atoms with Gasteiger partial charge in [-0.25, -0.2) is 0 Å². The van der Waals surface area contributed by atoms with Crippen LogP contribution in [0.5, 0.6) is 5.75 Å². The first-order valence-corrected chi connectivity index (χ1v) is 5.27. The fourth-order valence-corrected chi connectivity index (χ4v) is 1.79. The minimum absolute atomic E-state index is 0. The average Bonchev–Trinajstić information content (AvgIpc) is 2.87. The third-order valence-corrected chi connectivity index (χ3v) is 2.65. The van der Waals surface area contributed by atoms with Gasteiger partial charge in [-0.3, -0.25) is 0 Å². The number of ether oxygens (including phenoxy) is 1. The largest absolute Gasteiger partial charge is 0.540 e. The van der Waals surface area contributed by atoms with Crippen molar-refractivity contribution >= 4 is 11.0 Å². The number of pyridine rings is 1. The van der Waals surface area contributed by atoms with Gasteiger partial charge in [0.15, 0.2) is 0 Å². The number of benzene rings is 1. The molecule has 1 radical (unpaired) electrons. The molecule has 0 bridgehead atoms. The molecule has 3 aromatic rings. The van der Waals surface area contributed by atoms with Gasteiger partial charge in [-0.05, 0) is 17.8 Å². The first-order valence-electron chi connectivity index (χ1n) is 5.27. The minimum Gasteiger partial charge on any atom is -0.540 e. The Hall–Kier alpha value is -1.64. The molecule has 0 amide bonds. The molecule has 18 heavy (non-hydrogen) atoms. The van der Waals surface area contributed by atoms with Crippen LogP contribution in [0.2, 0.25) is 0 Å². The zero-order valence-electron chi connectivity index (χ0n) is 9.64. The molecule has 0 fully saturated rings. The van der Waals surface area contributed by atoms with E-state index in [2.05, 4.69) is 11.1 Å². The Morgan fingerprint density at radius 2 is 2.11 bits per heavy atom. The molecule has 0 aliphatic carbocycles.